The molecule has 4 heteroatoms. The standard InChI is InChI=1S/C15H33NO2S/c1-7-8-9-12-19(17,18)16(13-14(2)3)11-10-15(4,5)6/h14H,7-13H2,1-6H3. The SMILES string of the molecule is CCCCCS(=O)(=O)N(CCC(C)(C)C)CC(C)C. The van der Waals surface area contributed by atoms with Gasteiger partial charge in [0, 0.05) is 13.1 Å². The summed E-state index contributed by atoms with van der Waals surface area (Å²) in [6.07, 6.45) is 3.74. The first kappa shape index (κ1) is 18.9. The van der Waals surface area contributed by atoms with E-state index in [1.165, 1.54) is 0 Å². The number of hydrogen-bond donors (Lipinski definition) is 0. The molecule has 0 aliphatic carbocycles. The van der Waals surface area contributed by atoms with Gasteiger partial charge in [-0.15, -0.1) is 0 Å². The van der Waals surface area contributed by atoms with Crippen molar-refractivity contribution in [2.45, 2.75) is 67.2 Å². The molecule has 0 heterocycles. The third-order valence-electron chi connectivity index (χ3n) is 3.08. The minimum Gasteiger partial charge on any atom is -0.212 e. The van der Waals surface area contributed by atoms with Gasteiger partial charge in [0.15, 0.2) is 0 Å². The van der Waals surface area contributed by atoms with Crippen LogP contribution in [0.2, 0.25) is 0 Å². The van der Waals surface area contributed by atoms with E-state index in [1.807, 2.05) is 0 Å². The largest absolute Gasteiger partial charge is 0.214 e. The summed E-state index contributed by atoms with van der Waals surface area (Å²) in [6, 6.07) is 0. The Morgan fingerprint density at radius 3 is 2.11 bits per heavy atom. The summed E-state index contributed by atoms with van der Waals surface area (Å²) in [5.41, 5.74) is 0.175. The van der Waals surface area contributed by atoms with Crippen molar-refractivity contribution in [2.24, 2.45) is 11.3 Å². The Balaban J connectivity index is 4.63. The van der Waals surface area contributed by atoms with Gasteiger partial charge in [0.2, 0.25) is 10.0 Å². The average molecular weight is 292 g/mol. The fourth-order valence-corrected chi connectivity index (χ4v) is 3.60. The average Bonchev–Trinajstić information content (AvgIpc) is 2.22. The van der Waals surface area contributed by atoms with Crippen molar-refractivity contribution in [2.75, 3.05) is 18.8 Å². The van der Waals surface area contributed by atoms with Gasteiger partial charge in [0.05, 0.1) is 5.75 Å². The van der Waals surface area contributed by atoms with Crippen LogP contribution in [-0.4, -0.2) is 31.6 Å². The van der Waals surface area contributed by atoms with Crippen LogP contribution >= 0.6 is 0 Å². The molecule has 0 spiro atoms. The molecular formula is C15H33NO2S. The quantitative estimate of drug-likeness (QED) is 0.604. The third kappa shape index (κ3) is 9.44. The Bertz CT molecular complexity index is 329. The van der Waals surface area contributed by atoms with Gasteiger partial charge >= 0.3 is 0 Å². The number of unbranched alkanes of at least 4 members (excludes halogenated alkanes) is 2. The Morgan fingerprint density at radius 2 is 1.68 bits per heavy atom. The highest BCUT2D eigenvalue weighted by Crippen LogP contribution is 2.21. The minimum absolute atomic E-state index is 0.175. The molecule has 0 aromatic rings. The summed E-state index contributed by atoms with van der Waals surface area (Å²) in [7, 11) is -3.08. The molecule has 0 rings (SSSR count). The van der Waals surface area contributed by atoms with Gasteiger partial charge in [0.25, 0.3) is 0 Å². The lowest BCUT2D eigenvalue weighted by Crippen LogP contribution is -2.38. The lowest BCUT2D eigenvalue weighted by molar-refractivity contribution is 0.293. The van der Waals surface area contributed by atoms with E-state index in [0.717, 1.165) is 25.7 Å². The number of hydrogen-bond acceptors (Lipinski definition) is 2. The summed E-state index contributed by atoms with van der Waals surface area (Å²) in [5.74, 6) is 0.679. The zero-order chi connectivity index (χ0) is 15.1. The van der Waals surface area contributed by atoms with E-state index < -0.39 is 10.0 Å². The summed E-state index contributed by atoms with van der Waals surface area (Å²) in [6.45, 7) is 14.0. The second-order valence-electron chi connectivity index (χ2n) is 7.09. The molecule has 0 aliphatic rings. The van der Waals surface area contributed by atoms with Crippen LogP contribution in [0.5, 0.6) is 0 Å². The zero-order valence-corrected chi connectivity index (χ0v) is 14.5. The highest BCUT2D eigenvalue weighted by molar-refractivity contribution is 7.89. The van der Waals surface area contributed by atoms with Crippen molar-refractivity contribution in [1.29, 1.82) is 0 Å². The third-order valence-corrected chi connectivity index (χ3v) is 5.00. The van der Waals surface area contributed by atoms with Crippen molar-refractivity contribution in [3.05, 3.63) is 0 Å². The molecule has 0 radical (unpaired) electrons. The molecule has 0 unspecified atom stereocenters. The van der Waals surface area contributed by atoms with Crippen LogP contribution in [0.1, 0.15) is 67.2 Å². The molecule has 0 aliphatic heterocycles. The predicted octanol–water partition coefficient (Wildman–Crippen LogP) is 3.90. The van der Waals surface area contributed by atoms with Gasteiger partial charge in [-0.25, -0.2) is 12.7 Å². The first-order valence-corrected chi connectivity index (χ1v) is 9.17. The highest BCUT2D eigenvalue weighted by atomic mass is 32.2. The van der Waals surface area contributed by atoms with Crippen molar-refractivity contribution in [3.63, 3.8) is 0 Å². The normalized spacial score (nSPS) is 13.5. The molecule has 0 saturated heterocycles. The van der Waals surface area contributed by atoms with E-state index >= 15 is 0 Å². The maximum absolute atomic E-state index is 12.4. The van der Waals surface area contributed by atoms with Gasteiger partial charge in [-0.2, -0.15) is 0 Å². The van der Waals surface area contributed by atoms with Crippen molar-refractivity contribution < 1.29 is 8.42 Å². The molecule has 0 saturated carbocycles. The lowest BCUT2D eigenvalue weighted by atomic mass is 9.92. The molecule has 0 amide bonds. The van der Waals surface area contributed by atoms with Gasteiger partial charge in [-0.05, 0) is 24.2 Å². The minimum atomic E-state index is -3.08. The Labute approximate surface area is 120 Å². The van der Waals surface area contributed by atoms with Crippen molar-refractivity contribution >= 4 is 10.0 Å². The van der Waals surface area contributed by atoms with E-state index in [0.29, 0.717) is 24.8 Å². The summed E-state index contributed by atoms with van der Waals surface area (Å²) < 4.78 is 26.5. The Hall–Kier alpha value is -0.0900. The Kier molecular flexibility index (Phi) is 8.21. The fourth-order valence-electron chi connectivity index (χ4n) is 1.87. The van der Waals surface area contributed by atoms with Crippen LogP contribution < -0.4 is 0 Å². The molecule has 0 aromatic heterocycles. The first-order chi connectivity index (χ1) is 8.58. The van der Waals surface area contributed by atoms with E-state index in [1.54, 1.807) is 4.31 Å². The first-order valence-electron chi connectivity index (χ1n) is 7.56. The fraction of sp³-hybridized carbons (Fsp3) is 1.00. The Morgan fingerprint density at radius 1 is 1.11 bits per heavy atom. The van der Waals surface area contributed by atoms with E-state index in [4.69, 9.17) is 0 Å². The summed E-state index contributed by atoms with van der Waals surface area (Å²) >= 11 is 0. The van der Waals surface area contributed by atoms with Crippen LogP contribution in [-0.2, 0) is 10.0 Å². The molecule has 0 N–H and O–H groups in total. The van der Waals surface area contributed by atoms with Crippen LogP contribution in [0, 0.1) is 11.3 Å². The number of nitrogens with zero attached hydrogens (tertiary/aromatic N) is 1. The molecule has 3 nitrogen and oxygen atoms in total. The molecule has 0 atom stereocenters. The van der Waals surface area contributed by atoms with Gasteiger partial charge in [-0.1, -0.05) is 54.4 Å². The molecule has 0 fully saturated rings. The smallest absolute Gasteiger partial charge is 0.212 e. The zero-order valence-electron chi connectivity index (χ0n) is 13.7. The van der Waals surface area contributed by atoms with Gasteiger partial charge < -0.3 is 0 Å². The van der Waals surface area contributed by atoms with E-state index in [2.05, 4.69) is 41.5 Å². The molecular weight excluding hydrogens is 258 g/mol. The predicted molar refractivity (Wildman–Crippen MR) is 83.8 cm³/mol. The summed E-state index contributed by atoms with van der Waals surface area (Å²) in [5, 5.41) is 0. The maximum atomic E-state index is 12.4. The molecule has 116 valence electrons. The van der Waals surface area contributed by atoms with Crippen LogP contribution in [0.15, 0.2) is 0 Å². The van der Waals surface area contributed by atoms with E-state index in [-0.39, 0.29) is 5.41 Å². The topological polar surface area (TPSA) is 37.4 Å². The van der Waals surface area contributed by atoms with Crippen LogP contribution in [0.4, 0.5) is 0 Å². The van der Waals surface area contributed by atoms with Crippen molar-refractivity contribution in [3.8, 4) is 0 Å². The van der Waals surface area contributed by atoms with Crippen molar-refractivity contribution in [1.82, 2.24) is 4.31 Å². The summed E-state index contributed by atoms with van der Waals surface area (Å²) in [4.78, 5) is 0. The molecule has 0 bridgehead atoms. The second kappa shape index (κ2) is 8.25. The monoisotopic (exact) mass is 291 g/mol. The van der Waals surface area contributed by atoms with Gasteiger partial charge in [-0.3, -0.25) is 0 Å². The van der Waals surface area contributed by atoms with Crippen LogP contribution in [0.3, 0.4) is 0 Å². The number of rotatable bonds is 9. The molecule has 0 aromatic carbocycles. The lowest BCUT2D eigenvalue weighted by Gasteiger charge is -2.27. The highest BCUT2D eigenvalue weighted by Gasteiger charge is 2.24. The second-order valence-corrected chi connectivity index (χ2v) is 9.17. The molecule has 19 heavy (non-hydrogen) atoms. The van der Waals surface area contributed by atoms with Gasteiger partial charge in [0.1, 0.15) is 0 Å². The van der Waals surface area contributed by atoms with Crippen LogP contribution in [0.25, 0.3) is 0 Å². The number of sulfonamides is 1. The maximum Gasteiger partial charge on any atom is 0.214 e. The van der Waals surface area contributed by atoms with E-state index in [9.17, 15) is 8.42 Å².